The molecule has 0 aliphatic carbocycles. The highest BCUT2D eigenvalue weighted by molar-refractivity contribution is 5.68. The summed E-state index contributed by atoms with van der Waals surface area (Å²) in [5, 5.41) is 8.56. The zero-order valence-electron chi connectivity index (χ0n) is 8.03. The first-order chi connectivity index (χ1) is 6.50. The Balaban J connectivity index is 2.85. The first-order valence-electron chi connectivity index (χ1n) is 4.34. The smallest absolute Gasteiger partial charge is 0.305 e. The van der Waals surface area contributed by atoms with Gasteiger partial charge in [0.05, 0.1) is 6.42 Å². The van der Waals surface area contributed by atoms with Gasteiger partial charge in [0, 0.05) is 11.7 Å². The van der Waals surface area contributed by atoms with Crippen LogP contribution in [0.4, 0.5) is 5.69 Å². The van der Waals surface area contributed by atoms with E-state index < -0.39 is 12.0 Å². The molecule has 4 nitrogen and oxygen atoms in total. The van der Waals surface area contributed by atoms with Crippen molar-refractivity contribution in [2.45, 2.75) is 19.4 Å². The fourth-order valence-electron chi connectivity index (χ4n) is 1.20. The molecule has 0 aliphatic rings. The van der Waals surface area contributed by atoms with E-state index in [9.17, 15) is 4.79 Å². The normalized spacial score (nSPS) is 12.4. The Hall–Kier alpha value is -1.55. The number of aryl methyl sites for hydroxylation is 1. The van der Waals surface area contributed by atoms with Crippen molar-refractivity contribution >= 4 is 11.7 Å². The number of nitrogens with two attached hydrogens (primary N) is 2. The monoisotopic (exact) mass is 194 g/mol. The molecule has 0 radical (unpaired) electrons. The van der Waals surface area contributed by atoms with E-state index in [-0.39, 0.29) is 6.42 Å². The van der Waals surface area contributed by atoms with Crippen LogP contribution >= 0.6 is 0 Å². The van der Waals surface area contributed by atoms with Crippen molar-refractivity contribution in [2.24, 2.45) is 5.73 Å². The highest BCUT2D eigenvalue weighted by Gasteiger charge is 2.10. The summed E-state index contributed by atoms with van der Waals surface area (Å²) in [6, 6.07) is 4.88. The van der Waals surface area contributed by atoms with Gasteiger partial charge in [-0.2, -0.15) is 0 Å². The lowest BCUT2D eigenvalue weighted by atomic mass is 10.0. The number of nitrogen functional groups attached to an aromatic ring is 1. The van der Waals surface area contributed by atoms with Crippen LogP contribution in [-0.4, -0.2) is 11.1 Å². The Bertz CT molecular complexity index is 350. The zero-order valence-corrected chi connectivity index (χ0v) is 8.03. The predicted molar refractivity (Wildman–Crippen MR) is 54.8 cm³/mol. The highest BCUT2D eigenvalue weighted by atomic mass is 16.4. The van der Waals surface area contributed by atoms with Crippen LogP contribution in [0, 0.1) is 6.92 Å². The van der Waals surface area contributed by atoms with Crippen LogP contribution in [0.5, 0.6) is 0 Å². The minimum Gasteiger partial charge on any atom is -0.481 e. The van der Waals surface area contributed by atoms with Crippen LogP contribution in [-0.2, 0) is 4.79 Å². The molecule has 1 aromatic rings. The summed E-state index contributed by atoms with van der Waals surface area (Å²) in [6.45, 7) is 1.89. The first-order valence-corrected chi connectivity index (χ1v) is 4.34. The molecule has 0 bridgehead atoms. The molecule has 1 unspecified atom stereocenters. The van der Waals surface area contributed by atoms with Crippen LogP contribution in [0.15, 0.2) is 18.2 Å². The maximum Gasteiger partial charge on any atom is 0.305 e. The molecule has 0 aromatic heterocycles. The topological polar surface area (TPSA) is 89.3 Å². The van der Waals surface area contributed by atoms with E-state index >= 15 is 0 Å². The second kappa shape index (κ2) is 4.11. The summed E-state index contributed by atoms with van der Waals surface area (Å²) in [5.41, 5.74) is 13.7. The maximum atomic E-state index is 10.4. The molecular formula is C10H14N2O2. The van der Waals surface area contributed by atoms with Gasteiger partial charge >= 0.3 is 5.97 Å². The Morgan fingerprint density at radius 3 is 2.71 bits per heavy atom. The van der Waals surface area contributed by atoms with Crippen molar-refractivity contribution in [2.75, 3.05) is 5.73 Å². The Morgan fingerprint density at radius 1 is 1.57 bits per heavy atom. The van der Waals surface area contributed by atoms with Gasteiger partial charge in [-0.1, -0.05) is 12.1 Å². The summed E-state index contributed by atoms with van der Waals surface area (Å²) in [4.78, 5) is 10.4. The molecule has 0 saturated heterocycles. The number of carboxylic acids is 1. The number of carbonyl (C=O) groups is 1. The zero-order chi connectivity index (χ0) is 10.7. The third kappa shape index (κ3) is 2.47. The molecule has 0 fully saturated rings. The van der Waals surface area contributed by atoms with Crippen molar-refractivity contribution in [3.63, 3.8) is 0 Å². The van der Waals surface area contributed by atoms with E-state index in [1.165, 1.54) is 0 Å². The standard InChI is InChI=1S/C10H14N2O2/c1-6-2-3-7(4-8(6)11)9(12)5-10(13)14/h2-4,9H,5,11-12H2,1H3,(H,13,14). The Labute approximate surface area is 82.5 Å². The van der Waals surface area contributed by atoms with Crippen molar-refractivity contribution in [1.29, 1.82) is 0 Å². The van der Waals surface area contributed by atoms with Gasteiger partial charge in [0.1, 0.15) is 0 Å². The molecule has 1 atom stereocenters. The van der Waals surface area contributed by atoms with Gasteiger partial charge in [0.25, 0.3) is 0 Å². The number of anilines is 1. The molecule has 5 N–H and O–H groups in total. The summed E-state index contributed by atoms with van der Waals surface area (Å²) >= 11 is 0. The molecule has 14 heavy (non-hydrogen) atoms. The average Bonchev–Trinajstić information content (AvgIpc) is 2.08. The predicted octanol–water partition coefficient (Wildman–Crippen LogP) is 1.05. The molecule has 76 valence electrons. The SMILES string of the molecule is Cc1ccc(C(N)CC(=O)O)cc1N. The average molecular weight is 194 g/mol. The van der Waals surface area contributed by atoms with Crippen molar-refractivity contribution in [3.05, 3.63) is 29.3 Å². The van der Waals surface area contributed by atoms with Gasteiger partial charge in [-0.15, -0.1) is 0 Å². The summed E-state index contributed by atoms with van der Waals surface area (Å²) in [5.74, 6) is -0.906. The van der Waals surface area contributed by atoms with Crippen LogP contribution in [0.3, 0.4) is 0 Å². The van der Waals surface area contributed by atoms with Crippen molar-refractivity contribution < 1.29 is 9.90 Å². The number of rotatable bonds is 3. The molecule has 1 aromatic carbocycles. The lowest BCUT2D eigenvalue weighted by Crippen LogP contribution is -2.15. The summed E-state index contributed by atoms with van der Waals surface area (Å²) in [7, 11) is 0. The second-order valence-electron chi connectivity index (χ2n) is 3.32. The molecule has 1 rings (SSSR count). The van der Waals surface area contributed by atoms with Gasteiger partial charge in [-0.3, -0.25) is 4.79 Å². The van der Waals surface area contributed by atoms with E-state index in [1.807, 2.05) is 13.0 Å². The van der Waals surface area contributed by atoms with Crippen LogP contribution in [0.2, 0.25) is 0 Å². The Kier molecular flexibility index (Phi) is 3.09. The molecular weight excluding hydrogens is 180 g/mol. The van der Waals surface area contributed by atoms with Crippen molar-refractivity contribution in [1.82, 2.24) is 0 Å². The van der Waals surface area contributed by atoms with E-state index in [2.05, 4.69) is 0 Å². The van der Waals surface area contributed by atoms with E-state index in [0.29, 0.717) is 5.69 Å². The number of hydrogen-bond acceptors (Lipinski definition) is 3. The van der Waals surface area contributed by atoms with Gasteiger partial charge in [0.15, 0.2) is 0 Å². The third-order valence-corrected chi connectivity index (χ3v) is 2.13. The third-order valence-electron chi connectivity index (χ3n) is 2.13. The summed E-state index contributed by atoms with van der Waals surface area (Å²) in [6.07, 6.45) is -0.0809. The molecule has 0 saturated carbocycles. The van der Waals surface area contributed by atoms with Gasteiger partial charge < -0.3 is 16.6 Å². The second-order valence-corrected chi connectivity index (χ2v) is 3.32. The van der Waals surface area contributed by atoms with Crippen LogP contribution in [0.25, 0.3) is 0 Å². The maximum absolute atomic E-state index is 10.4. The van der Waals surface area contributed by atoms with E-state index in [1.54, 1.807) is 12.1 Å². The molecule has 0 amide bonds. The fourth-order valence-corrected chi connectivity index (χ4v) is 1.20. The molecule has 0 spiro atoms. The van der Waals surface area contributed by atoms with Crippen LogP contribution < -0.4 is 11.5 Å². The van der Waals surface area contributed by atoms with E-state index in [0.717, 1.165) is 11.1 Å². The lowest BCUT2D eigenvalue weighted by Gasteiger charge is -2.10. The van der Waals surface area contributed by atoms with Gasteiger partial charge in [-0.05, 0) is 24.1 Å². The highest BCUT2D eigenvalue weighted by Crippen LogP contribution is 2.19. The van der Waals surface area contributed by atoms with Gasteiger partial charge in [-0.25, -0.2) is 0 Å². The lowest BCUT2D eigenvalue weighted by molar-refractivity contribution is -0.137. The minimum atomic E-state index is -0.906. The largest absolute Gasteiger partial charge is 0.481 e. The number of benzene rings is 1. The first kappa shape index (κ1) is 10.5. The molecule has 0 aliphatic heterocycles. The van der Waals surface area contributed by atoms with Crippen molar-refractivity contribution in [3.8, 4) is 0 Å². The molecule has 0 heterocycles. The number of hydrogen-bond donors (Lipinski definition) is 3. The molecule has 4 heteroatoms. The van der Waals surface area contributed by atoms with E-state index in [4.69, 9.17) is 16.6 Å². The van der Waals surface area contributed by atoms with Gasteiger partial charge in [0.2, 0.25) is 0 Å². The quantitative estimate of drug-likeness (QED) is 0.627. The number of aliphatic carboxylic acids is 1. The fraction of sp³-hybridized carbons (Fsp3) is 0.300. The minimum absolute atomic E-state index is 0.0809. The van der Waals surface area contributed by atoms with Crippen LogP contribution in [0.1, 0.15) is 23.6 Å². The number of carboxylic acid groups (broad SMARTS) is 1. The summed E-state index contributed by atoms with van der Waals surface area (Å²) < 4.78 is 0. The Morgan fingerprint density at radius 2 is 2.21 bits per heavy atom.